The van der Waals surface area contributed by atoms with E-state index in [1.165, 1.54) is 0 Å². The lowest BCUT2D eigenvalue weighted by atomic mass is 10.2. The maximum Gasteiger partial charge on any atom is 0.122 e. The van der Waals surface area contributed by atoms with Gasteiger partial charge in [-0.05, 0) is 19.1 Å². The number of anilines is 1. The molecule has 0 fully saturated rings. The number of nitrogens with two attached hydrogens (primary N) is 1. The van der Waals surface area contributed by atoms with Crippen LogP contribution in [0.1, 0.15) is 6.92 Å². The molecule has 0 saturated heterocycles. The fourth-order valence-electron chi connectivity index (χ4n) is 1.44. The molecule has 0 amide bonds. The van der Waals surface area contributed by atoms with Gasteiger partial charge in [0.2, 0.25) is 0 Å². The highest BCUT2D eigenvalue weighted by atomic mass is 16.5. The quantitative estimate of drug-likeness (QED) is 0.735. The molecule has 14 heavy (non-hydrogen) atoms. The molecule has 3 nitrogen and oxygen atoms in total. The molecule has 0 atom stereocenters. The van der Waals surface area contributed by atoms with Crippen molar-refractivity contribution in [2.75, 3.05) is 12.3 Å². The zero-order valence-corrected chi connectivity index (χ0v) is 8.03. The molecule has 0 radical (unpaired) electrons. The molecule has 0 spiro atoms. The van der Waals surface area contributed by atoms with Crippen LogP contribution in [0, 0.1) is 0 Å². The Bertz CT molecular complexity index is 454. The Kier molecular flexibility index (Phi) is 2.23. The minimum absolute atomic E-state index is 0.644. The standard InChI is InChI=1S/C11H12N2O/c1-2-14-9-6-8-4-3-5-13-11(8)10(12)7-9/h3-7H,2,12H2,1H3. The number of nitrogens with zero attached hydrogens (tertiary/aromatic N) is 1. The smallest absolute Gasteiger partial charge is 0.122 e. The molecular weight excluding hydrogens is 176 g/mol. The van der Waals surface area contributed by atoms with Crippen molar-refractivity contribution >= 4 is 16.6 Å². The molecule has 0 bridgehead atoms. The number of benzene rings is 1. The van der Waals surface area contributed by atoms with Crippen LogP contribution in [0.15, 0.2) is 30.5 Å². The van der Waals surface area contributed by atoms with E-state index in [2.05, 4.69) is 4.98 Å². The van der Waals surface area contributed by atoms with Crippen molar-refractivity contribution in [2.45, 2.75) is 6.92 Å². The van der Waals surface area contributed by atoms with Gasteiger partial charge in [0.25, 0.3) is 0 Å². The van der Waals surface area contributed by atoms with E-state index in [1.807, 2.05) is 25.1 Å². The largest absolute Gasteiger partial charge is 0.494 e. The Labute approximate surface area is 82.5 Å². The lowest BCUT2D eigenvalue weighted by molar-refractivity contribution is 0.341. The number of nitrogen functional groups attached to an aromatic ring is 1. The topological polar surface area (TPSA) is 48.1 Å². The van der Waals surface area contributed by atoms with Crippen LogP contribution in [0.5, 0.6) is 5.75 Å². The van der Waals surface area contributed by atoms with Crippen molar-refractivity contribution in [3.05, 3.63) is 30.5 Å². The van der Waals surface area contributed by atoms with Gasteiger partial charge in [-0.25, -0.2) is 0 Å². The molecule has 0 aliphatic rings. The third kappa shape index (κ3) is 1.48. The second-order valence-corrected chi connectivity index (χ2v) is 3.02. The van der Waals surface area contributed by atoms with Gasteiger partial charge in [-0.2, -0.15) is 0 Å². The van der Waals surface area contributed by atoms with Gasteiger partial charge >= 0.3 is 0 Å². The normalized spacial score (nSPS) is 10.4. The zero-order chi connectivity index (χ0) is 9.97. The predicted molar refractivity (Wildman–Crippen MR) is 57.3 cm³/mol. The predicted octanol–water partition coefficient (Wildman–Crippen LogP) is 2.22. The van der Waals surface area contributed by atoms with Crippen molar-refractivity contribution in [3.63, 3.8) is 0 Å². The number of pyridine rings is 1. The SMILES string of the molecule is CCOc1cc(N)c2ncccc2c1. The summed E-state index contributed by atoms with van der Waals surface area (Å²) in [5, 5.41) is 1.01. The van der Waals surface area contributed by atoms with E-state index >= 15 is 0 Å². The molecule has 1 aromatic carbocycles. The van der Waals surface area contributed by atoms with E-state index in [1.54, 1.807) is 12.3 Å². The Hall–Kier alpha value is -1.77. The third-order valence-electron chi connectivity index (χ3n) is 2.02. The zero-order valence-electron chi connectivity index (χ0n) is 8.03. The summed E-state index contributed by atoms with van der Waals surface area (Å²) >= 11 is 0. The van der Waals surface area contributed by atoms with Gasteiger partial charge in [-0.1, -0.05) is 6.07 Å². The molecule has 0 aliphatic heterocycles. The highest BCUT2D eigenvalue weighted by molar-refractivity contribution is 5.90. The molecule has 1 aromatic heterocycles. The van der Waals surface area contributed by atoms with Crippen molar-refractivity contribution in [3.8, 4) is 5.75 Å². The second-order valence-electron chi connectivity index (χ2n) is 3.02. The first kappa shape index (κ1) is 8.81. The maximum atomic E-state index is 5.84. The monoisotopic (exact) mass is 188 g/mol. The van der Waals surface area contributed by atoms with Gasteiger partial charge in [0.15, 0.2) is 0 Å². The summed E-state index contributed by atoms with van der Waals surface area (Å²) in [6, 6.07) is 7.61. The highest BCUT2D eigenvalue weighted by Crippen LogP contribution is 2.25. The lowest BCUT2D eigenvalue weighted by Gasteiger charge is -2.06. The van der Waals surface area contributed by atoms with E-state index in [9.17, 15) is 0 Å². The van der Waals surface area contributed by atoms with Crippen LogP contribution in [0.25, 0.3) is 10.9 Å². The van der Waals surface area contributed by atoms with E-state index in [0.717, 1.165) is 16.7 Å². The van der Waals surface area contributed by atoms with Gasteiger partial charge in [-0.3, -0.25) is 4.98 Å². The summed E-state index contributed by atoms with van der Waals surface area (Å²) < 4.78 is 5.39. The van der Waals surface area contributed by atoms with E-state index < -0.39 is 0 Å². The third-order valence-corrected chi connectivity index (χ3v) is 2.02. The summed E-state index contributed by atoms with van der Waals surface area (Å²) in [7, 11) is 0. The molecule has 3 heteroatoms. The van der Waals surface area contributed by atoms with E-state index in [4.69, 9.17) is 10.5 Å². The molecule has 72 valence electrons. The molecule has 1 heterocycles. The Morgan fingerprint density at radius 2 is 2.29 bits per heavy atom. The molecule has 2 N–H and O–H groups in total. The van der Waals surface area contributed by atoms with Crippen molar-refractivity contribution in [1.29, 1.82) is 0 Å². The van der Waals surface area contributed by atoms with Gasteiger partial charge in [0.05, 0.1) is 17.8 Å². The van der Waals surface area contributed by atoms with E-state index in [0.29, 0.717) is 12.3 Å². The molecular formula is C11H12N2O. The van der Waals surface area contributed by atoms with Crippen molar-refractivity contribution < 1.29 is 4.74 Å². The van der Waals surface area contributed by atoms with Gasteiger partial charge in [-0.15, -0.1) is 0 Å². The van der Waals surface area contributed by atoms with Crippen LogP contribution in [0.2, 0.25) is 0 Å². The lowest BCUT2D eigenvalue weighted by Crippen LogP contribution is -1.95. The number of rotatable bonds is 2. The first-order chi connectivity index (χ1) is 6.81. The van der Waals surface area contributed by atoms with Crippen LogP contribution >= 0.6 is 0 Å². The highest BCUT2D eigenvalue weighted by Gasteiger charge is 2.01. The van der Waals surface area contributed by atoms with Gasteiger partial charge in [0.1, 0.15) is 5.75 Å². The Morgan fingerprint density at radius 3 is 3.07 bits per heavy atom. The molecule has 0 saturated carbocycles. The van der Waals surface area contributed by atoms with Crippen molar-refractivity contribution in [2.24, 2.45) is 0 Å². The molecule has 0 unspecified atom stereocenters. The summed E-state index contributed by atoms with van der Waals surface area (Å²) in [5.74, 6) is 0.797. The summed E-state index contributed by atoms with van der Waals surface area (Å²) in [5.41, 5.74) is 7.33. The number of aromatic nitrogens is 1. The molecule has 0 aliphatic carbocycles. The first-order valence-corrected chi connectivity index (χ1v) is 4.58. The number of ether oxygens (including phenoxy) is 1. The number of fused-ring (bicyclic) bond motifs is 1. The Balaban J connectivity index is 2.60. The van der Waals surface area contributed by atoms with Crippen LogP contribution in [-0.2, 0) is 0 Å². The second kappa shape index (κ2) is 3.54. The summed E-state index contributed by atoms with van der Waals surface area (Å²) in [4.78, 5) is 4.20. The van der Waals surface area contributed by atoms with Crippen molar-refractivity contribution in [1.82, 2.24) is 4.98 Å². The fraction of sp³-hybridized carbons (Fsp3) is 0.182. The van der Waals surface area contributed by atoms with Crippen LogP contribution < -0.4 is 10.5 Å². The number of hydrogen-bond donors (Lipinski definition) is 1. The minimum atomic E-state index is 0.644. The maximum absolute atomic E-state index is 5.84. The molecule has 2 rings (SSSR count). The van der Waals surface area contributed by atoms with Gasteiger partial charge in [0, 0.05) is 17.6 Å². The van der Waals surface area contributed by atoms with Crippen LogP contribution in [0.3, 0.4) is 0 Å². The Morgan fingerprint density at radius 1 is 1.43 bits per heavy atom. The number of hydrogen-bond acceptors (Lipinski definition) is 3. The summed E-state index contributed by atoms with van der Waals surface area (Å²) in [6.45, 7) is 2.59. The average molecular weight is 188 g/mol. The van der Waals surface area contributed by atoms with Crippen LogP contribution in [-0.4, -0.2) is 11.6 Å². The average Bonchev–Trinajstić information content (AvgIpc) is 2.18. The minimum Gasteiger partial charge on any atom is -0.494 e. The molecule has 2 aromatic rings. The van der Waals surface area contributed by atoms with Gasteiger partial charge < -0.3 is 10.5 Å². The first-order valence-electron chi connectivity index (χ1n) is 4.58. The van der Waals surface area contributed by atoms with Crippen LogP contribution in [0.4, 0.5) is 5.69 Å². The van der Waals surface area contributed by atoms with E-state index in [-0.39, 0.29) is 0 Å². The summed E-state index contributed by atoms with van der Waals surface area (Å²) in [6.07, 6.45) is 1.74. The fourth-order valence-corrected chi connectivity index (χ4v) is 1.44.